The third-order valence-corrected chi connectivity index (χ3v) is 7.74. The van der Waals surface area contributed by atoms with Crippen molar-refractivity contribution in [3.8, 4) is 0 Å². The lowest BCUT2D eigenvalue weighted by Crippen LogP contribution is -2.54. The molecule has 1 aromatic rings. The van der Waals surface area contributed by atoms with E-state index in [-0.39, 0.29) is 11.7 Å². The number of hydrogen-bond donors (Lipinski definition) is 2. The molecule has 0 fully saturated rings. The highest BCUT2D eigenvalue weighted by atomic mass is 32.2. The number of rotatable bonds is 10. The Morgan fingerprint density at radius 3 is 2.36 bits per heavy atom. The van der Waals surface area contributed by atoms with Crippen LogP contribution >= 0.6 is 11.8 Å². The molecule has 0 saturated carbocycles. The van der Waals surface area contributed by atoms with Crippen molar-refractivity contribution in [1.82, 2.24) is 5.32 Å². The fourth-order valence-corrected chi connectivity index (χ4v) is 5.39. The fraction of sp³-hybridized carbons (Fsp3) is 0.611. The van der Waals surface area contributed by atoms with E-state index in [1.165, 1.54) is 11.8 Å². The van der Waals surface area contributed by atoms with Crippen LogP contribution in [0, 0.1) is 0 Å². The summed E-state index contributed by atoms with van der Waals surface area (Å²) in [5.41, 5.74) is 5.44. The predicted molar refractivity (Wildman–Crippen MR) is 105 cm³/mol. The smallest absolute Gasteiger partial charge is 0.233 e. The average molecular weight is 387 g/mol. The summed E-state index contributed by atoms with van der Waals surface area (Å²) in [7, 11) is -3.33. The first-order chi connectivity index (χ1) is 11.7. The van der Waals surface area contributed by atoms with Gasteiger partial charge < -0.3 is 11.1 Å². The van der Waals surface area contributed by atoms with Gasteiger partial charge in [-0.1, -0.05) is 32.9 Å². The second-order valence-corrected chi connectivity index (χ2v) is 9.67. The van der Waals surface area contributed by atoms with Crippen LogP contribution in [0.1, 0.15) is 47.0 Å². The lowest BCUT2D eigenvalue weighted by molar-refractivity contribution is -0.122. The van der Waals surface area contributed by atoms with E-state index >= 15 is 0 Å². The maximum absolute atomic E-state index is 12.6. The molecule has 1 amide bonds. The number of carbonyl (C=O) groups is 1. The molecule has 0 aliphatic rings. The molecule has 5 nitrogen and oxygen atoms in total. The second kappa shape index (κ2) is 9.59. The Morgan fingerprint density at radius 2 is 1.84 bits per heavy atom. The van der Waals surface area contributed by atoms with Crippen LogP contribution in [0.4, 0.5) is 0 Å². The molecular formula is C18H30N2O3S2. The number of hydrogen-bond acceptors (Lipinski definition) is 5. The van der Waals surface area contributed by atoms with Crippen molar-refractivity contribution >= 4 is 27.5 Å². The Labute approximate surface area is 156 Å². The van der Waals surface area contributed by atoms with Crippen molar-refractivity contribution in [3.05, 3.63) is 24.3 Å². The van der Waals surface area contributed by atoms with Crippen molar-refractivity contribution in [2.75, 3.05) is 12.3 Å². The van der Waals surface area contributed by atoms with Crippen molar-refractivity contribution in [2.45, 2.75) is 67.5 Å². The zero-order valence-corrected chi connectivity index (χ0v) is 17.2. The van der Waals surface area contributed by atoms with Gasteiger partial charge in [0.1, 0.15) is 0 Å². The van der Waals surface area contributed by atoms with Gasteiger partial charge in [-0.2, -0.15) is 0 Å². The highest BCUT2D eigenvalue weighted by molar-refractivity contribution is 8.01. The van der Waals surface area contributed by atoms with E-state index in [4.69, 9.17) is 5.73 Å². The van der Waals surface area contributed by atoms with E-state index in [0.717, 1.165) is 12.8 Å². The Hall–Kier alpha value is -1.05. The molecule has 1 unspecified atom stereocenters. The standard InChI is InChI=1S/C18H30N2O3S2/c1-5-12-25(22,23)16-11-9-8-10-15(16)24-14(4)17(21)20-18(6-2,7-3)13-19/h8-11,14H,5-7,12-13,19H2,1-4H3,(H,20,21). The van der Waals surface area contributed by atoms with E-state index in [0.29, 0.717) is 22.8 Å². The summed E-state index contributed by atoms with van der Waals surface area (Å²) in [6.07, 6.45) is 2.07. The molecule has 1 atom stereocenters. The van der Waals surface area contributed by atoms with Gasteiger partial charge in [-0.3, -0.25) is 4.79 Å². The molecule has 0 saturated heterocycles. The zero-order chi connectivity index (χ0) is 19.1. The van der Waals surface area contributed by atoms with Gasteiger partial charge in [0.15, 0.2) is 9.84 Å². The topological polar surface area (TPSA) is 89.3 Å². The van der Waals surface area contributed by atoms with Crippen molar-refractivity contribution in [3.63, 3.8) is 0 Å². The number of benzene rings is 1. The molecule has 0 spiro atoms. The molecule has 3 N–H and O–H groups in total. The van der Waals surface area contributed by atoms with Crippen molar-refractivity contribution < 1.29 is 13.2 Å². The minimum absolute atomic E-state index is 0.104. The van der Waals surface area contributed by atoms with Crippen molar-refractivity contribution in [1.29, 1.82) is 0 Å². The third kappa shape index (κ3) is 5.72. The summed E-state index contributed by atoms with van der Waals surface area (Å²) in [6, 6.07) is 6.87. The number of sulfone groups is 1. The normalized spacial score (nSPS) is 13.5. The second-order valence-electron chi connectivity index (χ2n) is 6.21. The minimum atomic E-state index is -3.33. The Bertz CT molecular complexity index is 662. The summed E-state index contributed by atoms with van der Waals surface area (Å²) in [5.74, 6) is -0.0190. The Morgan fingerprint density at radius 1 is 1.24 bits per heavy atom. The molecule has 0 aromatic heterocycles. The van der Waals surface area contributed by atoms with Crippen molar-refractivity contribution in [2.24, 2.45) is 5.73 Å². The summed E-state index contributed by atoms with van der Waals surface area (Å²) in [5, 5.41) is 2.63. The first kappa shape index (κ1) is 22.0. The first-order valence-electron chi connectivity index (χ1n) is 8.75. The van der Waals surface area contributed by atoms with Crippen LogP contribution in [0.15, 0.2) is 34.1 Å². The largest absolute Gasteiger partial charge is 0.348 e. The van der Waals surface area contributed by atoms with E-state index in [1.54, 1.807) is 31.2 Å². The lowest BCUT2D eigenvalue weighted by atomic mass is 9.93. The van der Waals surface area contributed by atoms with Gasteiger partial charge in [0.2, 0.25) is 5.91 Å². The van der Waals surface area contributed by atoms with E-state index in [2.05, 4.69) is 5.32 Å². The lowest BCUT2D eigenvalue weighted by Gasteiger charge is -2.32. The van der Waals surface area contributed by atoms with Gasteiger partial charge in [0.05, 0.1) is 21.4 Å². The summed E-state index contributed by atoms with van der Waals surface area (Å²) in [4.78, 5) is 13.5. The molecule has 25 heavy (non-hydrogen) atoms. The molecule has 142 valence electrons. The summed E-state index contributed by atoms with van der Waals surface area (Å²) < 4.78 is 24.9. The highest BCUT2D eigenvalue weighted by Gasteiger charge is 2.29. The van der Waals surface area contributed by atoms with Crippen LogP contribution in [0.2, 0.25) is 0 Å². The molecule has 0 aliphatic carbocycles. The minimum Gasteiger partial charge on any atom is -0.348 e. The predicted octanol–water partition coefficient (Wildman–Crippen LogP) is 2.98. The zero-order valence-electron chi connectivity index (χ0n) is 15.5. The molecule has 0 radical (unpaired) electrons. The molecule has 7 heteroatoms. The van der Waals surface area contributed by atoms with Crippen LogP contribution in [0.5, 0.6) is 0 Å². The average Bonchev–Trinajstić information content (AvgIpc) is 2.60. The van der Waals surface area contributed by atoms with Gasteiger partial charge in [-0.05, 0) is 38.3 Å². The van der Waals surface area contributed by atoms with Crippen LogP contribution in [0.3, 0.4) is 0 Å². The number of nitrogens with one attached hydrogen (secondary N) is 1. The number of thioether (sulfide) groups is 1. The SMILES string of the molecule is CCCS(=O)(=O)c1ccccc1SC(C)C(=O)NC(CC)(CC)CN. The van der Waals surface area contributed by atoms with Crippen LogP contribution in [-0.2, 0) is 14.6 Å². The molecule has 0 aliphatic heterocycles. The Balaban J connectivity index is 2.98. The molecule has 0 heterocycles. The molecule has 1 aromatic carbocycles. The van der Waals surface area contributed by atoms with Crippen LogP contribution in [-0.4, -0.2) is 37.4 Å². The highest BCUT2D eigenvalue weighted by Crippen LogP contribution is 2.31. The maximum atomic E-state index is 12.6. The maximum Gasteiger partial charge on any atom is 0.233 e. The van der Waals surface area contributed by atoms with Gasteiger partial charge in [0.25, 0.3) is 0 Å². The quantitative estimate of drug-likeness (QED) is 0.604. The van der Waals surface area contributed by atoms with Gasteiger partial charge >= 0.3 is 0 Å². The van der Waals surface area contributed by atoms with Gasteiger partial charge in [-0.25, -0.2) is 8.42 Å². The summed E-state index contributed by atoms with van der Waals surface area (Å²) in [6.45, 7) is 8.01. The van der Waals surface area contributed by atoms with E-state index in [9.17, 15) is 13.2 Å². The van der Waals surface area contributed by atoms with Crippen LogP contribution in [0.25, 0.3) is 0 Å². The van der Waals surface area contributed by atoms with Crippen LogP contribution < -0.4 is 11.1 Å². The first-order valence-corrected chi connectivity index (χ1v) is 11.3. The summed E-state index contributed by atoms with van der Waals surface area (Å²) >= 11 is 1.27. The molecule has 1 rings (SSSR count). The van der Waals surface area contributed by atoms with E-state index in [1.807, 2.05) is 20.8 Å². The number of carbonyl (C=O) groups excluding carboxylic acids is 1. The van der Waals surface area contributed by atoms with Gasteiger partial charge in [0, 0.05) is 11.4 Å². The third-order valence-electron chi connectivity index (χ3n) is 4.46. The van der Waals surface area contributed by atoms with Gasteiger partial charge in [-0.15, -0.1) is 11.8 Å². The number of nitrogens with two attached hydrogens (primary N) is 1. The number of amides is 1. The Kier molecular flexibility index (Phi) is 8.44. The molecular weight excluding hydrogens is 356 g/mol. The monoisotopic (exact) mass is 386 g/mol. The molecule has 0 bridgehead atoms. The van der Waals surface area contributed by atoms with E-state index < -0.39 is 20.6 Å². The fourth-order valence-electron chi connectivity index (χ4n) is 2.56.